The molecule has 2 aliphatic rings. The summed E-state index contributed by atoms with van der Waals surface area (Å²) >= 11 is 0. The molecule has 5 nitrogen and oxygen atoms in total. The summed E-state index contributed by atoms with van der Waals surface area (Å²) in [5, 5.41) is 4.77. The smallest absolute Gasteiger partial charge is 0.124 e. The van der Waals surface area contributed by atoms with Gasteiger partial charge in [0.25, 0.3) is 0 Å². The second-order valence-electron chi connectivity index (χ2n) is 10.1. The van der Waals surface area contributed by atoms with Gasteiger partial charge in [-0.3, -0.25) is 9.98 Å². The summed E-state index contributed by atoms with van der Waals surface area (Å²) in [6.45, 7) is 8.81. The molecular weight excluding hydrogens is 444 g/mol. The number of fused-ring (bicyclic) bond motifs is 3. The topological polar surface area (TPSA) is 49.8 Å². The SMILES string of the molecule is CC(C)N=C1CC(C)c2ccc(-c3ccc4c(c3)CN(c3ccnc5ccccc35)CCO4)cc2N1. The Morgan fingerprint density at radius 1 is 1.03 bits per heavy atom. The zero-order chi connectivity index (χ0) is 24.6. The summed E-state index contributed by atoms with van der Waals surface area (Å²) in [6, 6.07) is 24.1. The van der Waals surface area contributed by atoms with Gasteiger partial charge in [0.15, 0.2) is 0 Å². The third-order valence-corrected chi connectivity index (χ3v) is 7.12. The Morgan fingerprint density at radius 3 is 2.75 bits per heavy atom. The van der Waals surface area contributed by atoms with Crippen molar-refractivity contribution in [2.75, 3.05) is 23.4 Å². The van der Waals surface area contributed by atoms with Crippen LogP contribution in [0.3, 0.4) is 0 Å². The summed E-state index contributed by atoms with van der Waals surface area (Å²) < 4.78 is 6.17. The minimum absolute atomic E-state index is 0.287. The van der Waals surface area contributed by atoms with Crippen LogP contribution in [0.4, 0.5) is 11.4 Å². The fourth-order valence-electron chi connectivity index (χ4n) is 5.41. The fraction of sp³-hybridized carbons (Fsp3) is 0.290. The molecule has 3 aromatic carbocycles. The van der Waals surface area contributed by atoms with Crippen molar-refractivity contribution in [1.29, 1.82) is 0 Å². The molecule has 0 aliphatic carbocycles. The maximum atomic E-state index is 6.17. The highest BCUT2D eigenvalue weighted by Crippen LogP contribution is 2.37. The van der Waals surface area contributed by atoms with Gasteiger partial charge < -0.3 is 15.0 Å². The highest BCUT2D eigenvalue weighted by atomic mass is 16.5. The standard InChI is InChI=1S/C31H32N4O/c1-20(2)33-31-16-21(3)25-10-8-23(18-28(25)34-31)22-9-11-30-24(17-22)19-35(14-15-36-30)29-12-13-32-27-7-5-4-6-26(27)29/h4-13,17-18,20-21H,14-16,19H2,1-3H3,(H,33,34). The van der Waals surface area contributed by atoms with E-state index >= 15 is 0 Å². The van der Waals surface area contributed by atoms with Crippen molar-refractivity contribution in [2.24, 2.45) is 4.99 Å². The zero-order valence-electron chi connectivity index (χ0n) is 21.2. The van der Waals surface area contributed by atoms with E-state index in [4.69, 9.17) is 9.73 Å². The lowest BCUT2D eigenvalue weighted by Gasteiger charge is -2.26. The molecule has 2 aliphatic heterocycles. The predicted molar refractivity (Wildman–Crippen MR) is 149 cm³/mol. The predicted octanol–water partition coefficient (Wildman–Crippen LogP) is 7.03. The number of nitrogens with zero attached hydrogens (tertiary/aromatic N) is 3. The number of ether oxygens (including phenoxy) is 1. The van der Waals surface area contributed by atoms with Crippen LogP contribution in [-0.2, 0) is 6.54 Å². The van der Waals surface area contributed by atoms with E-state index < -0.39 is 0 Å². The van der Waals surface area contributed by atoms with Gasteiger partial charge in [-0.15, -0.1) is 0 Å². The van der Waals surface area contributed by atoms with Gasteiger partial charge >= 0.3 is 0 Å². The van der Waals surface area contributed by atoms with Crippen molar-refractivity contribution in [2.45, 2.75) is 45.7 Å². The van der Waals surface area contributed by atoms with Crippen LogP contribution in [0, 0.1) is 0 Å². The highest BCUT2D eigenvalue weighted by Gasteiger charge is 2.22. The molecule has 1 atom stereocenters. The minimum atomic E-state index is 0.287. The molecule has 6 rings (SSSR count). The monoisotopic (exact) mass is 476 g/mol. The molecule has 0 saturated carbocycles. The number of aromatic nitrogens is 1. The molecule has 4 aromatic rings. The average molecular weight is 477 g/mol. The molecule has 0 saturated heterocycles. The van der Waals surface area contributed by atoms with Crippen LogP contribution in [-0.4, -0.2) is 30.0 Å². The third kappa shape index (κ3) is 4.30. The minimum Gasteiger partial charge on any atom is -0.491 e. The third-order valence-electron chi connectivity index (χ3n) is 7.12. The Kier molecular flexibility index (Phi) is 5.84. The largest absolute Gasteiger partial charge is 0.491 e. The van der Waals surface area contributed by atoms with Gasteiger partial charge in [-0.25, -0.2) is 0 Å². The van der Waals surface area contributed by atoms with Gasteiger partial charge in [-0.05, 0) is 66.8 Å². The lowest BCUT2D eigenvalue weighted by atomic mass is 9.89. The second kappa shape index (κ2) is 9.30. The van der Waals surface area contributed by atoms with Crippen LogP contribution in [0.25, 0.3) is 22.0 Å². The first-order chi connectivity index (χ1) is 17.5. The molecule has 182 valence electrons. The van der Waals surface area contributed by atoms with Gasteiger partial charge in [0.2, 0.25) is 0 Å². The molecular formula is C31H32N4O. The van der Waals surface area contributed by atoms with Crippen molar-refractivity contribution < 1.29 is 4.74 Å². The van der Waals surface area contributed by atoms with Gasteiger partial charge in [0.1, 0.15) is 18.2 Å². The molecule has 1 N–H and O–H groups in total. The molecule has 0 amide bonds. The van der Waals surface area contributed by atoms with Crippen LogP contribution >= 0.6 is 0 Å². The van der Waals surface area contributed by atoms with Crippen molar-refractivity contribution in [1.82, 2.24) is 4.98 Å². The van der Waals surface area contributed by atoms with Gasteiger partial charge in [-0.2, -0.15) is 0 Å². The van der Waals surface area contributed by atoms with E-state index in [9.17, 15) is 0 Å². The first-order valence-corrected chi connectivity index (χ1v) is 12.9. The number of pyridine rings is 1. The summed E-state index contributed by atoms with van der Waals surface area (Å²) in [5.74, 6) is 2.50. The van der Waals surface area contributed by atoms with E-state index in [1.807, 2.05) is 12.3 Å². The van der Waals surface area contributed by atoms with Crippen LogP contribution in [0.1, 0.15) is 44.2 Å². The Morgan fingerprint density at radius 2 is 1.86 bits per heavy atom. The maximum Gasteiger partial charge on any atom is 0.124 e. The van der Waals surface area contributed by atoms with Gasteiger partial charge in [0.05, 0.1) is 12.1 Å². The number of benzene rings is 3. The number of anilines is 2. The zero-order valence-corrected chi connectivity index (χ0v) is 21.2. The summed E-state index contributed by atoms with van der Waals surface area (Å²) in [5.41, 5.74) is 8.34. The van der Waals surface area contributed by atoms with Crippen molar-refractivity contribution in [3.05, 3.63) is 84.1 Å². The molecule has 0 bridgehead atoms. The Labute approximate surface area is 212 Å². The molecule has 0 fully saturated rings. The molecule has 5 heteroatoms. The van der Waals surface area contributed by atoms with E-state index in [-0.39, 0.29) is 6.04 Å². The Hall–Kier alpha value is -3.86. The van der Waals surface area contributed by atoms with Gasteiger partial charge in [0, 0.05) is 47.5 Å². The van der Waals surface area contributed by atoms with Crippen LogP contribution in [0.15, 0.2) is 77.9 Å². The quantitative estimate of drug-likeness (QED) is 0.345. The number of hydrogen-bond donors (Lipinski definition) is 1. The number of hydrogen-bond acceptors (Lipinski definition) is 4. The fourth-order valence-corrected chi connectivity index (χ4v) is 5.41. The van der Waals surface area contributed by atoms with E-state index in [0.717, 1.165) is 36.6 Å². The van der Waals surface area contributed by atoms with E-state index in [1.165, 1.54) is 39.0 Å². The molecule has 1 aromatic heterocycles. The van der Waals surface area contributed by atoms with Crippen LogP contribution < -0.4 is 15.0 Å². The Balaban J connectivity index is 1.34. The van der Waals surface area contributed by atoms with E-state index in [0.29, 0.717) is 12.5 Å². The first kappa shape index (κ1) is 22.6. The van der Waals surface area contributed by atoms with Crippen molar-refractivity contribution in [3.8, 4) is 16.9 Å². The first-order valence-electron chi connectivity index (χ1n) is 12.9. The summed E-state index contributed by atoms with van der Waals surface area (Å²) in [4.78, 5) is 11.7. The van der Waals surface area contributed by atoms with E-state index in [1.54, 1.807) is 0 Å². The number of rotatable bonds is 3. The maximum absolute atomic E-state index is 6.17. The normalized spacial score (nSPS) is 18.4. The van der Waals surface area contributed by atoms with Crippen LogP contribution in [0.5, 0.6) is 5.75 Å². The number of aliphatic imine (C=N–C) groups is 1. The average Bonchev–Trinajstić information content (AvgIpc) is 3.09. The molecule has 1 unspecified atom stereocenters. The highest BCUT2D eigenvalue weighted by molar-refractivity contribution is 5.99. The van der Waals surface area contributed by atoms with Crippen molar-refractivity contribution >= 4 is 28.1 Å². The second-order valence-corrected chi connectivity index (χ2v) is 10.1. The van der Waals surface area contributed by atoms with Gasteiger partial charge in [-0.1, -0.05) is 43.3 Å². The lowest BCUT2D eigenvalue weighted by molar-refractivity contribution is 0.332. The Bertz CT molecular complexity index is 1450. The van der Waals surface area contributed by atoms with Crippen molar-refractivity contribution in [3.63, 3.8) is 0 Å². The number of amidine groups is 1. The number of para-hydroxylation sites is 1. The van der Waals surface area contributed by atoms with E-state index in [2.05, 4.69) is 96.6 Å². The summed E-state index contributed by atoms with van der Waals surface area (Å²) in [6.07, 6.45) is 2.86. The summed E-state index contributed by atoms with van der Waals surface area (Å²) in [7, 11) is 0. The molecule has 0 radical (unpaired) electrons. The molecule has 0 spiro atoms. The number of nitrogens with one attached hydrogen (secondary N) is 1. The van der Waals surface area contributed by atoms with Crippen LogP contribution in [0.2, 0.25) is 0 Å². The lowest BCUT2D eigenvalue weighted by Crippen LogP contribution is -2.25. The molecule has 36 heavy (non-hydrogen) atoms. The molecule has 3 heterocycles.